The van der Waals surface area contributed by atoms with Crippen molar-refractivity contribution < 1.29 is 44.0 Å². The van der Waals surface area contributed by atoms with Gasteiger partial charge in [0.25, 0.3) is 5.91 Å². The first kappa shape index (κ1) is 25.1. The maximum Gasteiger partial charge on any atom is 0.419 e. The Morgan fingerprint density at radius 2 is 1.76 bits per heavy atom. The van der Waals surface area contributed by atoms with Crippen molar-refractivity contribution in [2.45, 2.75) is 12.6 Å². The second kappa shape index (κ2) is 9.37. The van der Waals surface area contributed by atoms with Gasteiger partial charge in [0, 0.05) is 6.54 Å². The molecule has 2 aromatic carbocycles. The lowest BCUT2D eigenvalue weighted by atomic mass is 10.1. The fourth-order valence-electron chi connectivity index (χ4n) is 2.88. The van der Waals surface area contributed by atoms with Crippen molar-refractivity contribution in [3.05, 3.63) is 70.9 Å². The second-order valence-corrected chi connectivity index (χ2v) is 8.77. The molecule has 7 nitrogen and oxygen atoms in total. The van der Waals surface area contributed by atoms with Gasteiger partial charge in [0.1, 0.15) is 17.8 Å². The zero-order valence-electron chi connectivity index (χ0n) is 17.1. The number of alkyl halides is 3. The number of oxazole rings is 1. The summed E-state index contributed by atoms with van der Waals surface area (Å²) in [5.41, 5.74) is -3.22. The third-order valence-electron chi connectivity index (χ3n) is 4.36. The molecule has 0 saturated heterocycles. The van der Waals surface area contributed by atoms with Gasteiger partial charge in [-0.25, -0.2) is 26.6 Å². The predicted molar refractivity (Wildman–Crippen MR) is 108 cm³/mol. The Kier molecular flexibility index (Phi) is 6.91. The number of hydrogen-bond acceptors (Lipinski definition) is 5. The van der Waals surface area contributed by atoms with Crippen molar-refractivity contribution in [3.63, 3.8) is 0 Å². The van der Waals surface area contributed by atoms with Crippen molar-refractivity contribution in [3.8, 4) is 11.5 Å². The van der Waals surface area contributed by atoms with E-state index in [-0.39, 0.29) is 24.2 Å². The number of rotatable bonds is 7. The SMILES string of the molecule is CS(=O)(=O)Nc1c(F)cc(CCNC(=O)c2coc(-c3cccc(C(F)(F)F)c3F)n2)cc1F. The van der Waals surface area contributed by atoms with Gasteiger partial charge >= 0.3 is 6.18 Å². The van der Waals surface area contributed by atoms with Crippen molar-refractivity contribution >= 4 is 21.6 Å². The molecule has 1 aromatic heterocycles. The fourth-order valence-corrected chi connectivity index (χ4v) is 3.45. The van der Waals surface area contributed by atoms with E-state index in [0.717, 1.165) is 36.8 Å². The van der Waals surface area contributed by atoms with Crippen LogP contribution in [0.2, 0.25) is 0 Å². The molecule has 34 heavy (non-hydrogen) atoms. The fraction of sp³-hybridized carbons (Fsp3) is 0.200. The van der Waals surface area contributed by atoms with E-state index >= 15 is 0 Å². The minimum absolute atomic E-state index is 0.0638. The number of hydrogen-bond donors (Lipinski definition) is 2. The summed E-state index contributed by atoms with van der Waals surface area (Å²) in [7, 11) is -3.91. The van der Waals surface area contributed by atoms with Crippen LogP contribution in [0.15, 0.2) is 41.0 Å². The van der Waals surface area contributed by atoms with Crippen LogP contribution in [0, 0.1) is 17.5 Å². The average molecular weight is 507 g/mol. The molecule has 0 spiro atoms. The first-order valence-corrected chi connectivity index (χ1v) is 11.2. The summed E-state index contributed by atoms with van der Waals surface area (Å²) in [5.74, 6) is -5.31. The molecule has 14 heteroatoms. The van der Waals surface area contributed by atoms with Gasteiger partial charge in [0.2, 0.25) is 15.9 Å². The molecular weight excluding hydrogens is 492 g/mol. The second-order valence-electron chi connectivity index (χ2n) is 7.02. The van der Waals surface area contributed by atoms with Crippen LogP contribution in [0.4, 0.5) is 32.0 Å². The Hall–Kier alpha value is -3.55. The van der Waals surface area contributed by atoms with Crippen LogP contribution in [0.1, 0.15) is 21.6 Å². The molecule has 0 unspecified atom stereocenters. The summed E-state index contributed by atoms with van der Waals surface area (Å²) in [6, 6.07) is 4.27. The van der Waals surface area contributed by atoms with E-state index in [2.05, 4.69) is 10.3 Å². The summed E-state index contributed by atoms with van der Waals surface area (Å²) in [6.45, 7) is -0.142. The highest BCUT2D eigenvalue weighted by Crippen LogP contribution is 2.35. The molecule has 0 aliphatic carbocycles. The molecule has 2 N–H and O–H groups in total. The summed E-state index contributed by atoms with van der Waals surface area (Å²) >= 11 is 0. The van der Waals surface area contributed by atoms with Crippen molar-refractivity contribution in [2.75, 3.05) is 17.5 Å². The topological polar surface area (TPSA) is 101 Å². The quantitative estimate of drug-likeness (QED) is 0.469. The van der Waals surface area contributed by atoms with Crippen LogP contribution in [-0.4, -0.2) is 32.1 Å². The number of aromatic nitrogens is 1. The third kappa shape index (κ3) is 5.87. The molecule has 0 atom stereocenters. The molecule has 3 rings (SSSR count). The molecule has 1 heterocycles. The first-order chi connectivity index (χ1) is 15.8. The molecule has 1 amide bonds. The Labute approximate surface area is 188 Å². The van der Waals surface area contributed by atoms with Gasteiger partial charge in [0.05, 0.1) is 17.4 Å². The van der Waals surface area contributed by atoms with Gasteiger partial charge in [-0.15, -0.1) is 0 Å². The lowest BCUT2D eigenvalue weighted by Crippen LogP contribution is -2.26. The number of carbonyl (C=O) groups excluding carboxylic acids is 1. The molecule has 0 bridgehead atoms. The maximum absolute atomic E-state index is 14.2. The smallest absolute Gasteiger partial charge is 0.419 e. The number of benzene rings is 2. The average Bonchev–Trinajstić information content (AvgIpc) is 3.19. The first-order valence-electron chi connectivity index (χ1n) is 9.32. The van der Waals surface area contributed by atoms with Crippen molar-refractivity contribution in [1.82, 2.24) is 10.3 Å². The van der Waals surface area contributed by atoms with E-state index in [4.69, 9.17) is 4.42 Å². The van der Waals surface area contributed by atoms with Gasteiger partial charge in [-0.1, -0.05) is 6.07 Å². The summed E-state index contributed by atoms with van der Waals surface area (Å²) < 4.78 is 110. The molecule has 0 aliphatic rings. The summed E-state index contributed by atoms with van der Waals surface area (Å²) in [6.07, 6.45) is -3.46. The number of amides is 1. The number of nitrogens with zero attached hydrogens (tertiary/aromatic N) is 1. The molecule has 3 aromatic rings. The van der Waals surface area contributed by atoms with Crippen LogP contribution in [0.3, 0.4) is 0 Å². The summed E-state index contributed by atoms with van der Waals surface area (Å²) in [5, 5.41) is 2.36. The molecule has 182 valence electrons. The van der Waals surface area contributed by atoms with Gasteiger partial charge in [-0.3, -0.25) is 9.52 Å². The van der Waals surface area contributed by atoms with E-state index < -0.39 is 62.3 Å². The van der Waals surface area contributed by atoms with Crippen LogP contribution in [0.25, 0.3) is 11.5 Å². The minimum Gasteiger partial charge on any atom is -0.444 e. The monoisotopic (exact) mass is 507 g/mol. The zero-order chi connectivity index (χ0) is 25.3. The minimum atomic E-state index is -4.94. The van der Waals surface area contributed by atoms with Crippen molar-refractivity contribution in [2.24, 2.45) is 0 Å². The Balaban J connectivity index is 1.67. The van der Waals surface area contributed by atoms with Gasteiger partial charge in [-0.05, 0) is 36.2 Å². The normalized spacial score (nSPS) is 12.0. The lowest BCUT2D eigenvalue weighted by Gasteiger charge is -2.09. The number of sulfonamides is 1. The highest BCUT2D eigenvalue weighted by Gasteiger charge is 2.35. The molecule has 0 aliphatic heterocycles. The summed E-state index contributed by atoms with van der Waals surface area (Å²) in [4.78, 5) is 15.9. The van der Waals surface area contributed by atoms with E-state index in [0.29, 0.717) is 6.07 Å². The van der Waals surface area contributed by atoms with Crippen LogP contribution in [-0.2, 0) is 22.6 Å². The van der Waals surface area contributed by atoms with Crippen LogP contribution in [0.5, 0.6) is 0 Å². The number of anilines is 1. The molecule has 0 radical (unpaired) electrons. The number of nitrogens with one attached hydrogen (secondary N) is 2. The standard InChI is InChI=1S/C20H15F6N3O4S/c1-34(31,32)29-17-13(21)7-10(8-14(17)22)5-6-27-18(30)15-9-33-19(28-15)11-3-2-4-12(16(11)23)20(24,25)26/h2-4,7-9,29H,5-6H2,1H3,(H,27,30). The number of carbonyl (C=O) groups is 1. The highest BCUT2D eigenvalue weighted by atomic mass is 32.2. The van der Waals surface area contributed by atoms with Gasteiger partial charge in [-0.2, -0.15) is 13.2 Å². The zero-order valence-corrected chi connectivity index (χ0v) is 18.0. The Morgan fingerprint density at radius 1 is 1.12 bits per heavy atom. The molecule has 0 saturated carbocycles. The van der Waals surface area contributed by atoms with Gasteiger partial charge < -0.3 is 9.73 Å². The van der Waals surface area contributed by atoms with E-state index in [1.807, 2.05) is 0 Å². The third-order valence-corrected chi connectivity index (χ3v) is 4.93. The largest absolute Gasteiger partial charge is 0.444 e. The van der Waals surface area contributed by atoms with E-state index in [1.165, 1.54) is 0 Å². The van der Waals surface area contributed by atoms with Crippen molar-refractivity contribution in [1.29, 1.82) is 0 Å². The van der Waals surface area contributed by atoms with Gasteiger partial charge in [0.15, 0.2) is 17.3 Å². The lowest BCUT2D eigenvalue weighted by molar-refractivity contribution is -0.139. The Morgan fingerprint density at radius 3 is 2.35 bits per heavy atom. The number of halogens is 6. The maximum atomic E-state index is 14.2. The molecular formula is C20H15F6N3O4S. The van der Waals surface area contributed by atoms with E-state index in [1.54, 1.807) is 4.72 Å². The van der Waals surface area contributed by atoms with E-state index in [9.17, 15) is 39.6 Å². The molecule has 0 fully saturated rings. The predicted octanol–water partition coefficient (Wildman–Crippen LogP) is 4.12. The highest BCUT2D eigenvalue weighted by molar-refractivity contribution is 7.92. The van der Waals surface area contributed by atoms with Crippen LogP contribution >= 0.6 is 0 Å². The Bertz CT molecular complexity index is 1320. The van der Waals surface area contributed by atoms with Crippen LogP contribution < -0.4 is 10.0 Å².